The van der Waals surface area contributed by atoms with Crippen molar-refractivity contribution in [3.05, 3.63) is 59.0 Å². The molecule has 0 saturated heterocycles. The van der Waals surface area contributed by atoms with Crippen LogP contribution in [0.5, 0.6) is 11.5 Å². The van der Waals surface area contributed by atoms with Crippen LogP contribution >= 0.6 is 0 Å². The first-order valence-electron chi connectivity index (χ1n) is 7.59. The number of nitrogens with zero attached hydrogens (tertiary/aromatic N) is 4. The number of pyridine rings is 1. The van der Waals surface area contributed by atoms with E-state index in [9.17, 15) is 4.79 Å². The lowest BCUT2D eigenvalue weighted by atomic mass is 10.1. The average Bonchev–Trinajstić information content (AvgIpc) is 3.28. The summed E-state index contributed by atoms with van der Waals surface area (Å²) >= 11 is 0. The monoisotopic (exact) mass is 333 g/mol. The second kappa shape index (κ2) is 5.17. The molecule has 1 aliphatic rings. The van der Waals surface area contributed by atoms with Crippen molar-refractivity contribution < 1.29 is 9.47 Å². The highest BCUT2D eigenvalue weighted by Crippen LogP contribution is 2.35. The largest absolute Gasteiger partial charge is 0.454 e. The zero-order chi connectivity index (χ0) is 16.8. The van der Waals surface area contributed by atoms with Crippen molar-refractivity contribution >= 4 is 5.78 Å². The number of nitrogens with one attached hydrogen (secondary N) is 1. The van der Waals surface area contributed by atoms with E-state index >= 15 is 0 Å². The second-order valence-corrected chi connectivity index (χ2v) is 5.48. The fourth-order valence-corrected chi connectivity index (χ4v) is 2.71. The topological polar surface area (TPSA) is 94.4 Å². The van der Waals surface area contributed by atoms with Crippen LogP contribution in [0.3, 0.4) is 0 Å². The van der Waals surface area contributed by atoms with Crippen LogP contribution in [0.2, 0.25) is 0 Å². The van der Waals surface area contributed by atoms with Crippen LogP contribution in [-0.4, -0.2) is 31.4 Å². The number of benzene rings is 1. The molecule has 0 radical (unpaired) electrons. The minimum atomic E-state index is -0.281. The molecular weight excluding hydrogens is 322 g/mol. The number of ether oxygens (including phenoxy) is 2. The predicted octanol–water partition coefficient (Wildman–Crippen LogP) is 1.88. The normalized spacial score (nSPS) is 12.6. The third-order valence-electron chi connectivity index (χ3n) is 3.91. The molecule has 0 saturated carbocycles. The Morgan fingerprint density at radius 1 is 1.08 bits per heavy atom. The van der Waals surface area contributed by atoms with E-state index in [1.807, 2.05) is 30.3 Å². The number of rotatable bonds is 2. The molecular formula is C17H11N5O3. The summed E-state index contributed by atoms with van der Waals surface area (Å²) in [5.74, 6) is 2.07. The maximum atomic E-state index is 12.4. The Morgan fingerprint density at radius 2 is 2.00 bits per heavy atom. The summed E-state index contributed by atoms with van der Waals surface area (Å²) in [6.07, 6.45) is 1.65. The molecule has 25 heavy (non-hydrogen) atoms. The van der Waals surface area contributed by atoms with Gasteiger partial charge in [0.15, 0.2) is 11.5 Å². The molecule has 4 heterocycles. The van der Waals surface area contributed by atoms with Gasteiger partial charge in [-0.15, -0.1) is 5.10 Å². The molecule has 0 unspecified atom stereocenters. The van der Waals surface area contributed by atoms with Crippen molar-refractivity contribution in [2.45, 2.75) is 0 Å². The van der Waals surface area contributed by atoms with Gasteiger partial charge in [-0.2, -0.15) is 9.50 Å². The fraction of sp³-hybridized carbons (Fsp3) is 0.0588. The van der Waals surface area contributed by atoms with Gasteiger partial charge in [0.2, 0.25) is 18.4 Å². The van der Waals surface area contributed by atoms with Crippen molar-refractivity contribution in [1.29, 1.82) is 0 Å². The molecule has 0 spiro atoms. The van der Waals surface area contributed by atoms with Gasteiger partial charge in [-0.05, 0) is 30.3 Å². The van der Waals surface area contributed by atoms with Gasteiger partial charge in [0.05, 0.1) is 5.69 Å². The summed E-state index contributed by atoms with van der Waals surface area (Å²) in [6.45, 7) is 0.200. The number of H-pyrrole nitrogens is 1. The van der Waals surface area contributed by atoms with Crippen molar-refractivity contribution in [3.8, 4) is 34.3 Å². The molecule has 1 aromatic carbocycles. The summed E-state index contributed by atoms with van der Waals surface area (Å²) in [5, 5.41) is 4.23. The van der Waals surface area contributed by atoms with Gasteiger partial charge in [-0.1, -0.05) is 6.07 Å². The maximum absolute atomic E-state index is 12.4. The molecule has 1 aliphatic heterocycles. The summed E-state index contributed by atoms with van der Waals surface area (Å²) in [6, 6.07) is 12.4. The van der Waals surface area contributed by atoms with Crippen LogP contribution in [0, 0.1) is 0 Å². The maximum Gasteiger partial charge on any atom is 0.276 e. The Kier molecular flexibility index (Phi) is 2.84. The van der Waals surface area contributed by atoms with Crippen LogP contribution in [-0.2, 0) is 0 Å². The van der Waals surface area contributed by atoms with Crippen LogP contribution in [0.25, 0.3) is 28.6 Å². The van der Waals surface area contributed by atoms with E-state index in [1.165, 1.54) is 10.6 Å². The van der Waals surface area contributed by atoms with Crippen LogP contribution in [0.15, 0.2) is 53.5 Å². The van der Waals surface area contributed by atoms with E-state index in [0.29, 0.717) is 34.5 Å². The van der Waals surface area contributed by atoms with Crippen molar-refractivity contribution in [2.75, 3.05) is 6.79 Å². The van der Waals surface area contributed by atoms with Gasteiger partial charge in [0.1, 0.15) is 5.69 Å². The van der Waals surface area contributed by atoms with E-state index in [2.05, 4.69) is 20.1 Å². The minimum Gasteiger partial charge on any atom is -0.454 e. The van der Waals surface area contributed by atoms with Crippen molar-refractivity contribution in [2.24, 2.45) is 0 Å². The van der Waals surface area contributed by atoms with Gasteiger partial charge < -0.3 is 14.5 Å². The smallest absolute Gasteiger partial charge is 0.276 e. The van der Waals surface area contributed by atoms with Crippen molar-refractivity contribution in [3.63, 3.8) is 0 Å². The molecule has 0 bridgehead atoms. The van der Waals surface area contributed by atoms with Gasteiger partial charge in [-0.3, -0.25) is 9.78 Å². The Hall–Kier alpha value is -3.68. The second-order valence-electron chi connectivity index (χ2n) is 5.48. The Morgan fingerprint density at radius 3 is 2.88 bits per heavy atom. The molecule has 8 nitrogen and oxygen atoms in total. The van der Waals surface area contributed by atoms with Crippen LogP contribution in [0.1, 0.15) is 0 Å². The number of aromatic nitrogens is 5. The molecule has 0 amide bonds. The average molecular weight is 333 g/mol. The van der Waals surface area contributed by atoms with Crippen molar-refractivity contribution in [1.82, 2.24) is 24.6 Å². The SMILES string of the molecule is O=c1cc(-c2ccc3c(c2)OCO3)[nH]c2nc(-c3ccccn3)nn12. The van der Waals surface area contributed by atoms with E-state index in [-0.39, 0.29) is 12.4 Å². The lowest BCUT2D eigenvalue weighted by molar-refractivity contribution is 0.174. The highest BCUT2D eigenvalue weighted by Gasteiger charge is 2.16. The highest BCUT2D eigenvalue weighted by atomic mass is 16.7. The number of fused-ring (bicyclic) bond motifs is 2. The minimum absolute atomic E-state index is 0.200. The van der Waals surface area contributed by atoms with Gasteiger partial charge in [-0.25, -0.2) is 0 Å². The van der Waals surface area contributed by atoms with Gasteiger partial charge >= 0.3 is 0 Å². The van der Waals surface area contributed by atoms with E-state index in [4.69, 9.17) is 9.47 Å². The molecule has 122 valence electrons. The summed E-state index contributed by atoms with van der Waals surface area (Å²) in [4.78, 5) is 24.1. The van der Waals surface area contributed by atoms with E-state index < -0.39 is 0 Å². The predicted molar refractivity (Wildman–Crippen MR) is 88.4 cm³/mol. The Bertz CT molecular complexity index is 1150. The first-order valence-corrected chi connectivity index (χ1v) is 7.59. The Balaban J connectivity index is 1.65. The highest BCUT2D eigenvalue weighted by molar-refractivity contribution is 5.65. The number of hydrogen-bond donors (Lipinski definition) is 1. The molecule has 0 aliphatic carbocycles. The molecule has 4 aromatic rings. The first kappa shape index (κ1) is 13.7. The fourth-order valence-electron chi connectivity index (χ4n) is 2.71. The zero-order valence-electron chi connectivity index (χ0n) is 12.8. The third-order valence-corrected chi connectivity index (χ3v) is 3.91. The molecule has 1 N–H and O–H groups in total. The number of aromatic amines is 1. The molecule has 0 atom stereocenters. The lowest BCUT2D eigenvalue weighted by Gasteiger charge is -2.03. The van der Waals surface area contributed by atoms with Gasteiger partial charge in [0, 0.05) is 17.8 Å². The Labute approximate surface area is 140 Å². The quantitative estimate of drug-likeness (QED) is 0.602. The van der Waals surface area contributed by atoms with E-state index in [1.54, 1.807) is 12.3 Å². The molecule has 0 fully saturated rings. The molecule has 8 heteroatoms. The third kappa shape index (κ3) is 2.23. The first-order chi connectivity index (χ1) is 12.3. The zero-order valence-corrected chi connectivity index (χ0v) is 12.8. The summed E-state index contributed by atoms with van der Waals surface area (Å²) in [5.41, 5.74) is 1.74. The molecule has 3 aromatic heterocycles. The van der Waals surface area contributed by atoms with E-state index in [0.717, 1.165) is 5.56 Å². The number of hydrogen-bond acceptors (Lipinski definition) is 6. The van der Waals surface area contributed by atoms with Crippen LogP contribution < -0.4 is 15.0 Å². The lowest BCUT2D eigenvalue weighted by Crippen LogP contribution is -2.14. The molecule has 5 rings (SSSR count). The summed E-state index contributed by atoms with van der Waals surface area (Å²) in [7, 11) is 0. The standard InChI is InChI=1S/C17H11N5O3/c23-15-8-12(10-4-5-13-14(7-10)25-9-24-13)19-17-20-16(21-22(15)17)11-3-1-2-6-18-11/h1-8H,9H2,(H,19,20,21). The summed E-state index contributed by atoms with van der Waals surface area (Å²) < 4.78 is 11.9. The van der Waals surface area contributed by atoms with Gasteiger partial charge in [0.25, 0.3) is 5.56 Å². The van der Waals surface area contributed by atoms with Crippen LogP contribution in [0.4, 0.5) is 0 Å².